The van der Waals surface area contributed by atoms with Crippen LogP contribution in [0.25, 0.3) is 11.1 Å². The average Bonchev–Trinajstić information content (AvgIpc) is 3.26. The largest absolute Gasteiger partial charge is 0.493 e. The summed E-state index contributed by atoms with van der Waals surface area (Å²) in [7, 11) is 3.24. The van der Waals surface area contributed by atoms with Crippen LogP contribution in [-0.4, -0.2) is 26.7 Å². The Balaban J connectivity index is 1.52. The molecule has 0 bridgehead atoms. The Bertz CT molecular complexity index is 889. The number of thiophene rings is 1. The number of nitrogens with one attached hydrogen (secondary N) is 1. The van der Waals surface area contributed by atoms with Gasteiger partial charge < -0.3 is 14.8 Å². The molecule has 1 amide bonds. The van der Waals surface area contributed by atoms with Crippen molar-refractivity contribution in [1.29, 1.82) is 0 Å². The van der Waals surface area contributed by atoms with Gasteiger partial charge in [0.1, 0.15) is 0 Å². The van der Waals surface area contributed by atoms with Crippen LogP contribution >= 0.6 is 11.3 Å². The molecule has 0 aliphatic heterocycles. The molecular formula is C23H25NO3S. The molecule has 0 unspecified atom stereocenters. The fourth-order valence-electron chi connectivity index (χ4n) is 3.01. The van der Waals surface area contributed by atoms with Gasteiger partial charge in [0.25, 0.3) is 5.91 Å². The van der Waals surface area contributed by atoms with Crippen molar-refractivity contribution in [2.24, 2.45) is 0 Å². The number of aryl methyl sites for hydroxylation is 1. The standard InChI is InChI=1S/C23H25NO3S/c1-26-21-13-12-19(16-22(21)27-2)17-8-10-18(11-9-17)23(25)24-14-4-3-6-20-7-5-15-28-20/h5,7-13,15-16H,3-4,6,14H2,1-2H3,(H,24,25). The molecule has 0 fully saturated rings. The summed E-state index contributed by atoms with van der Waals surface area (Å²) in [5, 5.41) is 5.10. The minimum atomic E-state index is -0.0324. The van der Waals surface area contributed by atoms with Crippen LogP contribution in [0.4, 0.5) is 0 Å². The molecule has 3 rings (SSSR count). The summed E-state index contributed by atoms with van der Waals surface area (Å²) in [4.78, 5) is 13.7. The minimum Gasteiger partial charge on any atom is -0.493 e. The van der Waals surface area contributed by atoms with E-state index in [0.717, 1.165) is 30.4 Å². The van der Waals surface area contributed by atoms with E-state index in [0.29, 0.717) is 23.6 Å². The number of carbonyl (C=O) groups is 1. The van der Waals surface area contributed by atoms with Crippen LogP contribution < -0.4 is 14.8 Å². The zero-order chi connectivity index (χ0) is 19.8. The van der Waals surface area contributed by atoms with E-state index in [2.05, 4.69) is 22.8 Å². The van der Waals surface area contributed by atoms with Gasteiger partial charge in [-0.25, -0.2) is 0 Å². The first kappa shape index (κ1) is 20.0. The molecule has 5 heteroatoms. The van der Waals surface area contributed by atoms with Crippen molar-refractivity contribution >= 4 is 17.2 Å². The molecule has 0 saturated carbocycles. The fourth-order valence-corrected chi connectivity index (χ4v) is 3.76. The molecule has 4 nitrogen and oxygen atoms in total. The number of amides is 1. The maximum absolute atomic E-state index is 12.3. The van der Waals surface area contributed by atoms with Gasteiger partial charge in [0, 0.05) is 17.0 Å². The molecule has 3 aromatic rings. The van der Waals surface area contributed by atoms with Gasteiger partial charge in [-0.1, -0.05) is 24.3 Å². The first-order chi connectivity index (χ1) is 13.7. The second-order valence-corrected chi connectivity index (χ2v) is 7.47. The van der Waals surface area contributed by atoms with E-state index in [-0.39, 0.29) is 5.91 Å². The van der Waals surface area contributed by atoms with Gasteiger partial charge in [0.15, 0.2) is 11.5 Å². The van der Waals surface area contributed by atoms with Crippen molar-refractivity contribution in [3.05, 3.63) is 70.4 Å². The van der Waals surface area contributed by atoms with E-state index in [4.69, 9.17) is 9.47 Å². The predicted octanol–water partition coefficient (Wildman–Crippen LogP) is 5.19. The van der Waals surface area contributed by atoms with E-state index < -0.39 is 0 Å². The van der Waals surface area contributed by atoms with Crippen LogP contribution in [0.1, 0.15) is 28.1 Å². The minimum absolute atomic E-state index is 0.0324. The maximum Gasteiger partial charge on any atom is 0.251 e. The lowest BCUT2D eigenvalue weighted by Crippen LogP contribution is -2.24. The highest BCUT2D eigenvalue weighted by molar-refractivity contribution is 7.09. The molecule has 0 aliphatic rings. The molecule has 0 aliphatic carbocycles. The highest BCUT2D eigenvalue weighted by atomic mass is 32.1. The van der Waals surface area contributed by atoms with Gasteiger partial charge in [-0.15, -0.1) is 11.3 Å². The van der Waals surface area contributed by atoms with E-state index in [1.54, 1.807) is 25.6 Å². The van der Waals surface area contributed by atoms with E-state index in [1.807, 2.05) is 42.5 Å². The lowest BCUT2D eigenvalue weighted by Gasteiger charge is -2.10. The van der Waals surface area contributed by atoms with Gasteiger partial charge >= 0.3 is 0 Å². The Labute approximate surface area is 170 Å². The monoisotopic (exact) mass is 395 g/mol. The molecule has 2 aromatic carbocycles. The summed E-state index contributed by atoms with van der Waals surface area (Å²) < 4.78 is 10.6. The van der Waals surface area contributed by atoms with Gasteiger partial charge in [-0.3, -0.25) is 4.79 Å². The predicted molar refractivity (Wildman–Crippen MR) is 115 cm³/mol. The number of carbonyl (C=O) groups excluding carboxylic acids is 1. The van der Waals surface area contributed by atoms with Crippen molar-refractivity contribution < 1.29 is 14.3 Å². The van der Waals surface area contributed by atoms with Gasteiger partial charge in [-0.05, 0) is 66.1 Å². The van der Waals surface area contributed by atoms with E-state index >= 15 is 0 Å². The number of unbranched alkanes of at least 4 members (excludes halogenated alkanes) is 1. The number of hydrogen-bond donors (Lipinski definition) is 1. The van der Waals surface area contributed by atoms with Gasteiger partial charge in [0.2, 0.25) is 0 Å². The normalized spacial score (nSPS) is 10.5. The number of ether oxygens (including phenoxy) is 2. The molecule has 0 spiro atoms. The molecular weight excluding hydrogens is 370 g/mol. The Morgan fingerprint density at radius 2 is 1.68 bits per heavy atom. The highest BCUT2D eigenvalue weighted by Crippen LogP contribution is 2.32. The molecule has 28 heavy (non-hydrogen) atoms. The Kier molecular flexibility index (Phi) is 7.09. The van der Waals surface area contributed by atoms with Crippen molar-refractivity contribution in [3.63, 3.8) is 0 Å². The molecule has 1 aromatic heterocycles. The van der Waals surface area contributed by atoms with Gasteiger partial charge in [0.05, 0.1) is 14.2 Å². The van der Waals surface area contributed by atoms with Gasteiger partial charge in [-0.2, -0.15) is 0 Å². The average molecular weight is 396 g/mol. The first-order valence-electron chi connectivity index (χ1n) is 9.34. The molecule has 0 atom stereocenters. The van der Waals surface area contributed by atoms with Crippen molar-refractivity contribution in [2.45, 2.75) is 19.3 Å². The van der Waals surface area contributed by atoms with Crippen molar-refractivity contribution in [3.8, 4) is 22.6 Å². The quantitative estimate of drug-likeness (QED) is 0.508. The summed E-state index contributed by atoms with van der Waals surface area (Å²) in [6.07, 6.45) is 3.14. The zero-order valence-electron chi connectivity index (χ0n) is 16.2. The molecule has 146 valence electrons. The van der Waals surface area contributed by atoms with Crippen LogP contribution in [0.15, 0.2) is 60.0 Å². The third-order valence-corrected chi connectivity index (χ3v) is 5.52. The summed E-state index contributed by atoms with van der Waals surface area (Å²) in [6, 6.07) is 17.6. The van der Waals surface area contributed by atoms with Crippen LogP contribution in [-0.2, 0) is 6.42 Å². The number of methoxy groups -OCH3 is 2. The molecule has 1 heterocycles. The molecule has 0 saturated heterocycles. The molecule has 0 radical (unpaired) electrons. The van der Waals surface area contributed by atoms with Crippen molar-refractivity contribution in [2.75, 3.05) is 20.8 Å². The Morgan fingerprint density at radius 3 is 2.36 bits per heavy atom. The molecule has 1 N–H and O–H groups in total. The van der Waals surface area contributed by atoms with Crippen LogP contribution in [0.5, 0.6) is 11.5 Å². The summed E-state index contributed by atoms with van der Waals surface area (Å²) in [6.45, 7) is 0.696. The number of rotatable bonds is 9. The van der Waals surface area contributed by atoms with Crippen LogP contribution in [0.3, 0.4) is 0 Å². The maximum atomic E-state index is 12.3. The number of benzene rings is 2. The smallest absolute Gasteiger partial charge is 0.251 e. The first-order valence-corrected chi connectivity index (χ1v) is 10.2. The Hall–Kier alpha value is -2.79. The second kappa shape index (κ2) is 9.95. The van der Waals surface area contributed by atoms with Crippen LogP contribution in [0.2, 0.25) is 0 Å². The fraction of sp³-hybridized carbons (Fsp3) is 0.261. The number of hydrogen-bond acceptors (Lipinski definition) is 4. The van der Waals surface area contributed by atoms with Crippen molar-refractivity contribution in [1.82, 2.24) is 5.32 Å². The lowest BCUT2D eigenvalue weighted by atomic mass is 10.0. The topological polar surface area (TPSA) is 47.6 Å². The van der Waals surface area contributed by atoms with Crippen LogP contribution in [0, 0.1) is 0 Å². The van der Waals surface area contributed by atoms with E-state index in [9.17, 15) is 4.79 Å². The zero-order valence-corrected chi connectivity index (χ0v) is 17.1. The third-order valence-electron chi connectivity index (χ3n) is 4.58. The summed E-state index contributed by atoms with van der Waals surface area (Å²) in [5.41, 5.74) is 2.70. The SMILES string of the molecule is COc1ccc(-c2ccc(C(=O)NCCCCc3cccs3)cc2)cc1OC. The lowest BCUT2D eigenvalue weighted by molar-refractivity contribution is 0.0953. The van der Waals surface area contributed by atoms with E-state index in [1.165, 1.54) is 4.88 Å². The highest BCUT2D eigenvalue weighted by Gasteiger charge is 2.08. The summed E-state index contributed by atoms with van der Waals surface area (Å²) in [5.74, 6) is 1.35. The third kappa shape index (κ3) is 5.14. The second-order valence-electron chi connectivity index (χ2n) is 6.44. The Morgan fingerprint density at radius 1 is 0.929 bits per heavy atom. The summed E-state index contributed by atoms with van der Waals surface area (Å²) >= 11 is 1.79.